The van der Waals surface area contributed by atoms with Gasteiger partial charge in [-0.3, -0.25) is 4.79 Å². The van der Waals surface area contributed by atoms with Gasteiger partial charge in [-0.25, -0.2) is 8.78 Å². The van der Waals surface area contributed by atoms with Crippen molar-refractivity contribution in [1.29, 1.82) is 0 Å². The first kappa shape index (κ1) is 14.3. The molecule has 1 aliphatic rings. The van der Waals surface area contributed by atoms with Crippen molar-refractivity contribution in [1.82, 2.24) is 0 Å². The van der Waals surface area contributed by atoms with Crippen LogP contribution in [-0.2, 0) is 5.92 Å². The number of carbonyl (C=O) groups is 1. The van der Waals surface area contributed by atoms with E-state index in [0.29, 0.717) is 9.64 Å². The number of rotatable bonds is 2. The molecule has 0 spiro atoms. The van der Waals surface area contributed by atoms with Crippen molar-refractivity contribution in [3.8, 4) is 11.5 Å². The molecule has 21 heavy (non-hydrogen) atoms. The quantitative estimate of drug-likeness (QED) is 0.535. The Labute approximate surface area is 129 Å². The molecule has 0 bridgehead atoms. The van der Waals surface area contributed by atoms with Gasteiger partial charge in [0.1, 0.15) is 23.1 Å². The second-order valence-electron chi connectivity index (χ2n) is 4.41. The smallest absolute Gasteiger partial charge is 0.339 e. The monoisotopic (exact) mass is 408 g/mol. The zero-order chi connectivity index (χ0) is 15.4. The number of fused-ring (bicyclic) bond motifs is 1. The molecule has 2 aromatic carbocycles. The van der Waals surface area contributed by atoms with Crippen LogP contribution in [-0.4, -0.2) is 5.78 Å². The van der Waals surface area contributed by atoms with Crippen LogP contribution in [0.3, 0.4) is 0 Å². The van der Waals surface area contributed by atoms with Gasteiger partial charge >= 0.3 is 5.92 Å². The summed E-state index contributed by atoms with van der Waals surface area (Å²) >= 11 is 1.76. The molecule has 0 fully saturated rings. The van der Waals surface area contributed by atoms with Crippen LogP contribution < -0.4 is 4.74 Å². The number of ketones is 1. The molecule has 0 saturated heterocycles. The lowest BCUT2D eigenvalue weighted by molar-refractivity contribution is -0.00808. The van der Waals surface area contributed by atoms with Gasteiger partial charge in [0.2, 0.25) is 5.78 Å². The molecule has 0 radical (unpaired) electrons. The Kier molecular flexibility index (Phi) is 3.19. The molecular weight excluding hydrogens is 403 g/mol. The first-order valence-electron chi connectivity index (χ1n) is 5.70. The number of hydrogen-bond acceptors (Lipinski definition) is 2. The maximum Gasteiger partial charge on any atom is 0.339 e. The number of ether oxygens (including phenoxy) is 1. The fourth-order valence-electron chi connectivity index (χ4n) is 2.10. The highest BCUT2D eigenvalue weighted by atomic mass is 127. The van der Waals surface area contributed by atoms with Crippen molar-refractivity contribution >= 4 is 28.4 Å². The summed E-state index contributed by atoms with van der Waals surface area (Å²) in [6.07, 6.45) is 0. The Hall–Kier alpha value is -1.64. The van der Waals surface area contributed by atoms with Crippen LogP contribution in [0, 0.1) is 15.2 Å². The predicted molar refractivity (Wildman–Crippen MR) is 73.8 cm³/mol. The topological polar surface area (TPSA) is 26.3 Å². The van der Waals surface area contributed by atoms with Gasteiger partial charge in [0.05, 0.1) is 11.1 Å². The molecule has 0 atom stereocenters. The first-order chi connectivity index (χ1) is 9.80. The van der Waals surface area contributed by atoms with E-state index in [-0.39, 0.29) is 17.1 Å². The third-order valence-electron chi connectivity index (χ3n) is 3.01. The van der Waals surface area contributed by atoms with Crippen molar-refractivity contribution in [3.05, 3.63) is 56.7 Å². The molecule has 0 heterocycles. The average Bonchev–Trinajstić information content (AvgIpc) is 2.38. The highest BCUT2D eigenvalue weighted by Gasteiger charge is 2.57. The van der Waals surface area contributed by atoms with E-state index in [0.717, 1.165) is 12.1 Å². The van der Waals surface area contributed by atoms with Gasteiger partial charge in [0.15, 0.2) is 0 Å². The van der Waals surface area contributed by atoms with Gasteiger partial charge in [-0.05, 0) is 34.7 Å². The summed E-state index contributed by atoms with van der Waals surface area (Å²) in [5, 5.41) is 0. The van der Waals surface area contributed by atoms with Gasteiger partial charge in [-0.1, -0.05) is 0 Å². The van der Waals surface area contributed by atoms with Crippen LogP contribution >= 0.6 is 22.6 Å². The minimum absolute atomic E-state index is 0.116. The number of carbonyl (C=O) groups excluding carboxylic acids is 1. The van der Waals surface area contributed by atoms with Gasteiger partial charge in [-0.15, -0.1) is 0 Å². The van der Waals surface area contributed by atoms with Crippen molar-refractivity contribution in [2.24, 2.45) is 0 Å². The second kappa shape index (κ2) is 4.69. The van der Waals surface area contributed by atoms with Gasteiger partial charge in [0, 0.05) is 21.8 Å². The number of alkyl halides is 2. The van der Waals surface area contributed by atoms with Gasteiger partial charge < -0.3 is 4.74 Å². The zero-order valence-electron chi connectivity index (χ0n) is 10.1. The normalized spacial score (nSPS) is 15.4. The highest BCUT2D eigenvalue weighted by molar-refractivity contribution is 14.1. The predicted octanol–water partition coefficient (Wildman–Crippen LogP) is 4.65. The molecular formula is C14H5F4IO2. The maximum absolute atomic E-state index is 13.6. The molecule has 0 N–H and O–H groups in total. The Balaban J connectivity index is 2.07. The second-order valence-corrected chi connectivity index (χ2v) is 5.57. The van der Waals surface area contributed by atoms with Gasteiger partial charge in [-0.2, -0.15) is 8.78 Å². The van der Waals surface area contributed by atoms with Crippen LogP contribution in [0.4, 0.5) is 17.6 Å². The molecule has 3 rings (SSSR count). The van der Waals surface area contributed by atoms with Crippen LogP contribution in [0.2, 0.25) is 0 Å². The summed E-state index contributed by atoms with van der Waals surface area (Å²) in [6.45, 7) is 0. The van der Waals surface area contributed by atoms with E-state index in [9.17, 15) is 22.4 Å². The van der Waals surface area contributed by atoms with E-state index in [1.807, 2.05) is 0 Å². The van der Waals surface area contributed by atoms with Crippen LogP contribution in [0.15, 0.2) is 30.3 Å². The van der Waals surface area contributed by atoms with E-state index in [1.165, 1.54) is 12.1 Å². The van der Waals surface area contributed by atoms with Crippen LogP contribution in [0.25, 0.3) is 0 Å². The van der Waals surface area contributed by atoms with E-state index in [2.05, 4.69) is 0 Å². The fraction of sp³-hybridized carbons (Fsp3) is 0.0714. The summed E-state index contributed by atoms with van der Waals surface area (Å²) in [6, 6.07) is 5.04. The molecule has 0 amide bonds. The molecule has 0 aromatic heterocycles. The Morgan fingerprint density at radius 3 is 2.29 bits per heavy atom. The molecule has 108 valence electrons. The summed E-state index contributed by atoms with van der Waals surface area (Å²) in [7, 11) is 0. The molecule has 0 aliphatic heterocycles. The Morgan fingerprint density at radius 2 is 1.67 bits per heavy atom. The average molecular weight is 408 g/mol. The lowest BCUT2D eigenvalue weighted by Crippen LogP contribution is -2.39. The van der Waals surface area contributed by atoms with Crippen LogP contribution in [0.5, 0.6) is 11.5 Å². The van der Waals surface area contributed by atoms with Crippen LogP contribution in [0.1, 0.15) is 15.9 Å². The Bertz CT molecular complexity index is 754. The molecule has 0 saturated carbocycles. The number of Topliss-reactive ketones (excluding diaryl/α,β-unsaturated/α-hetero) is 1. The largest absolute Gasteiger partial charge is 0.457 e. The highest BCUT2D eigenvalue weighted by Crippen LogP contribution is 2.51. The fourth-order valence-corrected chi connectivity index (χ4v) is 2.79. The van der Waals surface area contributed by atoms with Crippen molar-refractivity contribution in [2.75, 3.05) is 0 Å². The number of benzene rings is 2. The number of hydrogen-bond donors (Lipinski definition) is 0. The van der Waals surface area contributed by atoms with Crippen molar-refractivity contribution < 1.29 is 27.1 Å². The SMILES string of the molecule is O=C1c2c(I)ccc(Oc3cc(F)cc(F)c3)c2C1(F)F. The lowest BCUT2D eigenvalue weighted by atomic mass is 9.82. The molecule has 2 nitrogen and oxygen atoms in total. The summed E-state index contributed by atoms with van der Waals surface area (Å²) in [5.74, 6) is -7.25. The number of halogens is 5. The van der Waals surface area contributed by atoms with E-state index < -0.39 is 28.9 Å². The van der Waals surface area contributed by atoms with Gasteiger partial charge in [0.25, 0.3) is 0 Å². The maximum atomic E-state index is 13.6. The molecule has 7 heteroatoms. The lowest BCUT2D eigenvalue weighted by Gasteiger charge is -2.30. The van der Waals surface area contributed by atoms with E-state index >= 15 is 0 Å². The molecule has 2 aromatic rings. The molecule has 0 unspecified atom stereocenters. The zero-order valence-corrected chi connectivity index (χ0v) is 12.3. The van der Waals surface area contributed by atoms with Crippen molar-refractivity contribution in [2.45, 2.75) is 5.92 Å². The summed E-state index contributed by atoms with van der Waals surface area (Å²) in [4.78, 5) is 11.4. The third-order valence-corrected chi connectivity index (χ3v) is 3.91. The standard InChI is InChI=1S/C14H5F4IO2/c15-6-3-7(16)5-8(4-6)21-10-2-1-9(19)11-12(10)14(17,18)13(11)20/h1-5H. The van der Waals surface area contributed by atoms with Crippen molar-refractivity contribution in [3.63, 3.8) is 0 Å². The minimum Gasteiger partial charge on any atom is -0.457 e. The summed E-state index contributed by atoms with van der Waals surface area (Å²) < 4.78 is 58.9. The minimum atomic E-state index is -3.64. The summed E-state index contributed by atoms with van der Waals surface area (Å²) in [5.41, 5.74) is -0.668. The molecule has 1 aliphatic carbocycles. The third kappa shape index (κ3) is 2.19. The Morgan fingerprint density at radius 1 is 1.05 bits per heavy atom. The first-order valence-corrected chi connectivity index (χ1v) is 6.78. The van der Waals surface area contributed by atoms with E-state index in [1.54, 1.807) is 22.6 Å². The van der Waals surface area contributed by atoms with E-state index in [4.69, 9.17) is 4.74 Å².